The van der Waals surface area contributed by atoms with Crippen LogP contribution in [0.15, 0.2) is 18.3 Å². The molecule has 142 valence electrons. The Labute approximate surface area is 153 Å². The van der Waals surface area contributed by atoms with E-state index in [1.54, 1.807) is 0 Å². The molecule has 1 aromatic heterocycles. The van der Waals surface area contributed by atoms with Crippen molar-refractivity contribution in [2.24, 2.45) is 5.92 Å². The number of aromatic nitrogens is 1. The van der Waals surface area contributed by atoms with Crippen molar-refractivity contribution in [1.29, 1.82) is 0 Å². The zero-order valence-electron chi connectivity index (χ0n) is 15.5. The van der Waals surface area contributed by atoms with Crippen LogP contribution in [0.1, 0.15) is 76.8 Å². The fourth-order valence-electron chi connectivity index (χ4n) is 4.44. The van der Waals surface area contributed by atoms with Gasteiger partial charge in [-0.25, -0.2) is 0 Å². The number of rotatable bonds is 4. The van der Waals surface area contributed by atoms with Gasteiger partial charge < -0.3 is 4.57 Å². The molecule has 2 aliphatic rings. The van der Waals surface area contributed by atoms with Crippen LogP contribution in [0.3, 0.4) is 0 Å². The Morgan fingerprint density at radius 2 is 1.54 bits per heavy atom. The lowest BCUT2D eigenvalue weighted by atomic mass is 9.84. The molecule has 0 aliphatic heterocycles. The molecule has 26 heavy (non-hydrogen) atoms. The van der Waals surface area contributed by atoms with Crippen LogP contribution < -0.4 is 0 Å². The highest BCUT2D eigenvalue weighted by atomic mass is 16.2. The largest absolute Gasteiger partial charge is 0.373 e. The quantitative estimate of drug-likeness (QED) is 0.819. The van der Waals surface area contributed by atoms with Gasteiger partial charge in [-0.05, 0) is 43.7 Å². The molecule has 0 saturated heterocycles. The monoisotopic (exact) mass is 361 g/mol. The number of hydrogen-bond acceptors (Lipinski definition) is 5. The Morgan fingerprint density at radius 3 is 2.00 bits per heavy atom. The van der Waals surface area contributed by atoms with Crippen LogP contribution >= 0.6 is 0 Å². The first-order valence-corrected chi connectivity index (χ1v) is 9.19. The first-order valence-electron chi connectivity index (χ1n) is 9.19. The summed E-state index contributed by atoms with van der Waals surface area (Å²) in [6, 6.07) is 4.42. The van der Waals surface area contributed by atoms with E-state index in [1.165, 1.54) is 44.2 Å². The van der Waals surface area contributed by atoms with Crippen molar-refractivity contribution in [3.8, 4) is 0 Å². The summed E-state index contributed by atoms with van der Waals surface area (Å²) >= 11 is 0. The van der Waals surface area contributed by atoms with Gasteiger partial charge >= 0.3 is 12.3 Å². The van der Waals surface area contributed by atoms with E-state index in [0.29, 0.717) is 11.7 Å². The molecule has 2 saturated carbocycles. The SMILES string of the molecule is CC(C)C(=O)C1(n2cccc2C2CCCC2)CCCC1.O=C=O.O=C=O. The Morgan fingerprint density at radius 1 is 1.04 bits per heavy atom. The Kier molecular flexibility index (Phi) is 8.91. The Bertz CT molecular complexity index is 625. The maximum atomic E-state index is 12.9. The van der Waals surface area contributed by atoms with E-state index in [9.17, 15) is 4.79 Å². The molecule has 0 aromatic carbocycles. The lowest BCUT2D eigenvalue weighted by Crippen LogP contribution is -2.42. The molecule has 0 bridgehead atoms. The lowest BCUT2D eigenvalue weighted by molar-refractivity contribution is -0.193. The molecule has 3 rings (SSSR count). The topological polar surface area (TPSA) is 90.3 Å². The van der Waals surface area contributed by atoms with Crippen molar-refractivity contribution in [3.05, 3.63) is 24.0 Å². The average molecular weight is 361 g/mol. The molecule has 2 aliphatic carbocycles. The van der Waals surface area contributed by atoms with E-state index in [4.69, 9.17) is 19.2 Å². The third kappa shape index (κ3) is 4.87. The predicted octanol–water partition coefficient (Wildman–Crippen LogP) is 3.47. The molecule has 0 amide bonds. The van der Waals surface area contributed by atoms with Gasteiger partial charge in [-0.2, -0.15) is 19.2 Å². The van der Waals surface area contributed by atoms with Crippen LogP contribution in [-0.2, 0) is 29.5 Å². The molecule has 0 radical (unpaired) electrons. The fraction of sp³-hybridized carbons (Fsp3) is 0.650. The molecule has 6 nitrogen and oxygen atoms in total. The van der Waals surface area contributed by atoms with Crippen molar-refractivity contribution in [1.82, 2.24) is 4.57 Å². The standard InChI is InChI=1S/C18H27NO.2CO2/c1-14(2)17(20)18(11-5-6-12-18)19-13-7-10-16(19)15-8-3-4-9-15;2*2-1-3/h7,10,13-15H,3-6,8-9,11-12H2,1-2H3;;. The van der Waals surface area contributed by atoms with Crippen LogP contribution in [0.5, 0.6) is 0 Å². The van der Waals surface area contributed by atoms with E-state index in [0.717, 1.165) is 12.8 Å². The molecule has 6 heteroatoms. The zero-order chi connectivity index (χ0) is 19.6. The van der Waals surface area contributed by atoms with Crippen molar-refractivity contribution >= 4 is 18.1 Å². The van der Waals surface area contributed by atoms with E-state index < -0.39 is 0 Å². The van der Waals surface area contributed by atoms with Gasteiger partial charge in [-0.1, -0.05) is 39.5 Å². The summed E-state index contributed by atoms with van der Waals surface area (Å²) in [5.41, 5.74) is 1.20. The highest BCUT2D eigenvalue weighted by Crippen LogP contribution is 2.43. The van der Waals surface area contributed by atoms with Crippen LogP contribution in [-0.4, -0.2) is 22.7 Å². The zero-order valence-corrected chi connectivity index (χ0v) is 15.5. The highest BCUT2D eigenvalue weighted by molar-refractivity contribution is 5.88. The third-order valence-electron chi connectivity index (χ3n) is 5.43. The summed E-state index contributed by atoms with van der Waals surface area (Å²) in [6.45, 7) is 4.11. The van der Waals surface area contributed by atoms with E-state index in [1.807, 2.05) is 0 Å². The molecule has 1 aromatic rings. The van der Waals surface area contributed by atoms with Gasteiger partial charge in [0, 0.05) is 17.8 Å². The number of carbonyl (C=O) groups is 1. The minimum atomic E-state index is -0.227. The predicted molar refractivity (Wildman–Crippen MR) is 91.9 cm³/mol. The molecule has 0 spiro atoms. The summed E-state index contributed by atoms with van der Waals surface area (Å²) in [6.07, 6.45) is 12.4. The summed E-state index contributed by atoms with van der Waals surface area (Å²) in [7, 11) is 0. The Balaban J connectivity index is 0.000000499. The van der Waals surface area contributed by atoms with Crippen molar-refractivity contribution in [3.63, 3.8) is 0 Å². The van der Waals surface area contributed by atoms with E-state index in [2.05, 4.69) is 36.7 Å². The second-order valence-electron chi connectivity index (χ2n) is 7.21. The fourth-order valence-corrected chi connectivity index (χ4v) is 4.44. The second kappa shape index (κ2) is 10.6. The summed E-state index contributed by atoms with van der Waals surface area (Å²) < 4.78 is 2.39. The summed E-state index contributed by atoms with van der Waals surface area (Å²) in [4.78, 5) is 45.4. The molecular weight excluding hydrogens is 334 g/mol. The molecule has 0 N–H and O–H groups in total. The van der Waals surface area contributed by atoms with Crippen LogP contribution in [0.2, 0.25) is 0 Å². The Hall–Kier alpha value is -2.29. The smallest absolute Gasteiger partial charge is 0.338 e. The number of ketones is 1. The number of Topliss-reactive ketones (excluding diaryl/α,β-unsaturated/α-hetero) is 1. The first kappa shape index (κ1) is 21.8. The normalized spacial score (nSPS) is 18.1. The van der Waals surface area contributed by atoms with Gasteiger partial charge in [0.05, 0.1) is 0 Å². The third-order valence-corrected chi connectivity index (χ3v) is 5.43. The summed E-state index contributed by atoms with van der Waals surface area (Å²) in [5, 5.41) is 0. The molecule has 0 unspecified atom stereocenters. The second-order valence-corrected chi connectivity index (χ2v) is 7.21. The first-order chi connectivity index (χ1) is 12.5. The average Bonchev–Trinajstić information content (AvgIpc) is 3.35. The molecule has 1 heterocycles. The van der Waals surface area contributed by atoms with Gasteiger partial charge in [0.2, 0.25) is 0 Å². The van der Waals surface area contributed by atoms with Crippen molar-refractivity contribution in [2.45, 2.75) is 76.7 Å². The molecule has 2 fully saturated rings. The van der Waals surface area contributed by atoms with Gasteiger partial charge in [0.25, 0.3) is 0 Å². The van der Waals surface area contributed by atoms with Gasteiger partial charge in [0.15, 0.2) is 5.78 Å². The van der Waals surface area contributed by atoms with Crippen LogP contribution in [0.25, 0.3) is 0 Å². The molecule has 0 atom stereocenters. The minimum absolute atomic E-state index is 0.131. The maximum absolute atomic E-state index is 12.9. The highest BCUT2D eigenvalue weighted by Gasteiger charge is 2.44. The number of carbonyl (C=O) groups excluding carboxylic acids is 5. The number of hydrogen-bond donors (Lipinski definition) is 0. The molecular formula is C20H27NO5. The van der Waals surface area contributed by atoms with Crippen LogP contribution in [0.4, 0.5) is 0 Å². The van der Waals surface area contributed by atoms with Gasteiger partial charge in [-0.3, -0.25) is 4.79 Å². The maximum Gasteiger partial charge on any atom is 0.373 e. The minimum Gasteiger partial charge on any atom is -0.338 e. The lowest BCUT2D eigenvalue weighted by Gasteiger charge is -2.34. The van der Waals surface area contributed by atoms with Gasteiger partial charge in [0.1, 0.15) is 5.54 Å². The van der Waals surface area contributed by atoms with Crippen molar-refractivity contribution in [2.75, 3.05) is 0 Å². The van der Waals surface area contributed by atoms with Crippen LogP contribution in [0, 0.1) is 5.92 Å². The van der Waals surface area contributed by atoms with Gasteiger partial charge in [-0.15, -0.1) is 0 Å². The number of nitrogens with zero attached hydrogens (tertiary/aromatic N) is 1. The summed E-state index contributed by atoms with van der Waals surface area (Å²) in [5.74, 6) is 1.26. The van der Waals surface area contributed by atoms with E-state index in [-0.39, 0.29) is 23.8 Å². The van der Waals surface area contributed by atoms with Crippen molar-refractivity contribution < 1.29 is 24.0 Å². The van der Waals surface area contributed by atoms with E-state index >= 15 is 0 Å².